The van der Waals surface area contributed by atoms with Crippen LogP contribution < -0.4 is 0 Å². The van der Waals surface area contributed by atoms with Crippen molar-refractivity contribution in [3.8, 4) is 0 Å². The van der Waals surface area contributed by atoms with Gasteiger partial charge in [0.15, 0.2) is 0 Å². The molecule has 0 amide bonds. The van der Waals surface area contributed by atoms with E-state index in [4.69, 9.17) is 9.47 Å². The molecule has 0 unspecified atom stereocenters. The number of ether oxygens (including phenoxy) is 2. The Balaban J connectivity index is 2.78. The molecule has 1 rings (SSSR count). The summed E-state index contributed by atoms with van der Waals surface area (Å²) in [6, 6.07) is 5.19. The Labute approximate surface area is 150 Å². The third kappa shape index (κ3) is 6.96. The van der Waals surface area contributed by atoms with E-state index in [0.29, 0.717) is 0 Å². The molecule has 0 N–H and O–H groups in total. The Bertz CT molecular complexity index is 664. The number of methoxy groups -OCH3 is 2. The van der Waals surface area contributed by atoms with E-state index in [1.54, 1.807) is 12.1 Å². The van der Waals surface area contributed by atoms with Crippen molar-refractivity contribution in [2.75, 3.05) is 14.2 Å². The third-order valence-corrected chi connectivity index (χ3v) is 3.91. The van der Waals surface area contributed by atoms with Crippen molar-refractivity contribution >= 4 is 11.9 Å². The molecule has 0 aliphatic carbocycles. The van der Waals surface area contributed by atoms with E-state index >= 15 is 0 Å². The highest BCUT2D eigenvalue weighted by atomic mass is 16.5. The molecule has 25 heavy (non-hydrogen) atoms. The summed E-state index contributed by atoms with van der Waals surface area (Å²) in [6.45, 7) is 6.35. The summed E-state index contributed by atoms with van der Waals surface area (Å²) in [5.74, 6) is -1.07. The van der Waals surface area contributed by atoms with Crippen LogP contribution in [0.5, 0.6) is 0 Å². The van der Waals surface area contributed by atoms with E-state index in [9.17, 15) is 9.59 Å². The molecule has 1 aromatic rings. The lowest BCUT2D eigenvalue weighted by Crippen LogP contribution is -2.12. The molecular weight excluding hydrogens is 316 g/mol. The highest BCUT2D eigenvalue weighted by Gasteiger charge is 2.18. The first-order chi connectivity index (χ1) is 11.9. The van der Waals surface area contributed by atoms with Gasteiger partial charge in [0.1, 0.15) is 0 Å². The smallest absolute Gasteiger partial charge is 0.338 e. The molecule has 0 aromatic heterocycles. The van der Waals surface area contributed by atoms with Crippen molar-refractivity contribution in [3.63, 3.8) is 0 Å². The van der Waals surface area contributed by atoms with E-state index in [0.717, 1.165) is 31.2 Å². The largest absolute Gasteiger partial charge is 0.465 e. The van der Waals surface area contributed by atoms with Crippen molar-refractivity contribution in [1.29, 1.82) is 0 Å². The number of allylic oxidation sites excluding steroid dienone is 4. The molecule has 0 spiro atoms. The molecule has 0 saturated heterocycles. The van der Waals surface area contributed by atoms with E-state index in [1.165, 1.54) is 25.4 Å². The molecule has 0 atom stereocenters. The zero-order valence-corrected chi connectivity index (χ0v) is 15.8. The van der Waals surface area contributed by atoms with Gasteiger partial charge < -0.3 is 9.47 Å². The van der Waals surface area contributed by atoms with Crippen LogP contribution in [-0.2, 0) is 15.9 Å². The number of aryl methyl sites for hydroxylation is 1. The molecule has 0 fully saturated rings. The first-order valence-corrected chi connectivity index (χ1v) is 8.47. The Morgan fingerprint density at radius 2 is 1.56 bits per heavy atom. The van der Waals surface area contributed by atoms with E-state index in [-0.39, 0.29) is 11.1 Å². The molecule has 0 heterocycles. The molecule has 4 nitrogen and oxygen atoms in total. The maximum Gasteiger partial charge on any atom is 0.338 e. The third-order valence-electron chi connectivity index (χ3n) is 3.91. The van der Waals surface area contributed by atoms with Gasteiger partial charge in [-0.3, -0.25) is 0 Å². The fraction of sp³-hybridized carbons (Fsp3) is 0.429. The summed E-state index contributed by atoms with van der Waals surface area (Å²) in [4.78, 5) is 23.7. The maximum absolute atomic E-state index is 11.9. The van der Waals surface area contributed by atoms with Gasteiger partial charge in [0.05, 0.1) is 25.3 Å². The van der Waals surface area contributed by atoms with Crippen molar-refractivity contribution < 1.29 is 19.1 Å². The van der Waals surface area contributed by atoms with Crippen LogP contribution in [0.15, 0.2) is 41.5 Å². The number of rotatable bonds is 8. The summed E-state index contributed by atoms with van der Waals surface area (Å²) in [5, 5.41) is 0. The van der Waals surface area contributed by atoms with Gasteiger partial charge in [0.2, 0.25) is 0 Å². The minimum Gasteiger partial charge on any atom is -0.465 e. The molecule has 0 aliphatic heterocycles. The molecule has 0 radical (unpaired) electrons. The standard InChI is InChI=1S/C21H28O4/c1-15(2)8-6-9-16(3)10-7-11-17-12-13-18(20(22)24-4)19(14-17)21(23)25-5/h8,10,12-14H,6-7,9,11H2,1-5H3/b16-10+. The van der Waals surface area contributed by atoms with E-state index in [2.05, 4.69) is 32.9 Å². The summed E-state index contributed by atoms with van der Waals surface area (Å²) in [6.07, 6.45) is 8.27. The van der Waals surface area contributed by atoms with Crippen LogP contribution in [0, 0.1) is 0 Å². The van der Waals surface area contributed by atoms with E-state index < -0.39 is 11.9 Å². The highest BCUT2D eigenvalue weighted by molar-refractivity contribution is 6.03. The summed E-state index contributed by atoms with van der Waals surface area (Å²) in [5.41, 5.74) is 4.16. The fourth-order valence-corrected chi connectivity index (χ4v) is 2.49. The number of benzene rings is 1. The van der Waals surface area contributed by atoms with Gasteiger partial charge in [0, 0.05) is 0 Å². The van der Waals surface area contributed by atoms with Gasteiger partial charge in [-0.1, -0.05) is 29.4 Å². The quantitative estimate of drug-likeness (QED) is 0.498. The molecule has 0 aliphatic rings. The second kappa shape index (κ2) is 10.5. The van der Waals surface area contributed by atoms with Gasteiger partial charge in [0.25, 0.3) is 0 Å². The average molecular weight is 344 g/mol. The lowest BCUT2D eigenvalue weighted by atomic mass is 10.00. The second-order valence-electron chi connectivity index (χ2n) is 6.27. The molecule has 0 saturated carbocycles. The lowest BCUT2D eigenvalue weighted by molar-refractivity contribution is 0.0555. The van der Waals surface area contributed by atoms with Crippen molar-refractivity contribution in [3.05, 3.63) is 58.2 Å². The number of carbonyl (C=O) groups excluding carboxylic acids is 2. The predicted molar refractivity (Wildman–Crippen MR) is 99.9 cm³/mol. The molecular formula is C21H28O4. The normalized spacial score (nSPS) is 11.0. The van der Waals surface area contributed by atoms with Crippen LogP contribution in [0.2, 0.25) is 0 Å². The Kier molecular flexibility index (Phi) is 8.68. The van der Waals surface area contributed by atoms with Gasteiger partial charge in [-0.25, -0.2) is 9.59 Å². The Morgan fingerprint density at radius 3 is 2.16 bits per heavy atom. The van der Waals surface area contributed by atoms with E-state index in [1.807, 2.05) is 6.07 Å². The zero-order chi connectivity index (χ0) is 18.8. The zero-order valence-electron chi connectivity index (χ0n) is 15.8. The van der Waals surface area contributed by atoms with Crippen LogP contribution in [0.1, 0.15) is 66.3 Å². The highest BCUT2D eigenvalue weighted by Crippen LogP contribution is 2.17. The van der Waals surface area contributed by atoms with Gasteiger partial charge in [-0.05, 0) is 64.2 Å². The van der Waals surface area contributed by atoms with Gasteiger partial charge in [-0.15, -0.1) is 0 Å². The summed E-state index contributed by atoms with van der Waals surface area (Å²) < 4.78 is 9.49. The first-order valence-electron chi connectivity index (χ1n) is 8.47. The fourth-order valence-electron chi connectivity index (χ4n) is 2.49. The van der Waals surface area contributed by atoms with Gasteiger partial charge in [-0.2, -0.15) is 0 Å². The SMILES string of the molecule is COC(=O)c1ccc(CC/C=C(\C)CCC=C(C)C)cc1C(=O)OC. The summed E-state index contributed by atoms with van der Waals surface area (Å²) >= 11 is 0. The van der Waals surface area contributed by atoms with Crippen LogP contribution >= 0.6 is 0 Å². The first kappa shape index (κ1) is 20.7. The van der Waals surface area contributed by atoms with Crippen molar-refractivity contribution in [1.82, 2.24) is 0 Å². The molecule has 4 heteroatoms. The Hall–Kier alpha value is -2.36. The number of hydrogen-bond donors (Lipinski definition) is 0. The van der Waals surface area contributed by atoms with Crippen LogP contribution in [0.25, 0.3) is 0 Å². The Morgan fingerprint density at radius 1 is 0.920 bits per heavy atom. The average Bonchev–Trinajstić information content (AvgIpc) is 2.59. The molecule has 136 valence electrons. The van der Waals surface area contributed by atoms with Crippen LogP contribution in [0.3, 0.4) is 0 Å². The maximum atomic E-state index is 11.9. The summed E-state index contributed by atoms with van der Waals surface area (Å²) in [7, 11) is 2.59. The lowest BCUT2D eigenvalue weighted by Gasteiger charge is -2.09. The molecule has 1 aromatic carbocycles. The molecule has 0 bridgehead atoms. The van der Waals surface area contributed by atoms with Crippen molar-refractivity contribution in [2.45, 2.75) is 46.5 Å². The number of carbonyl (C=O) groups is 2. The number of esters is 2. The predicted octanol–water partition coefficient (Wildman–Crippen LogP) is 4.89. The number of hydrogen-bond acceptors (Lipinski definition) is 4. The minimum atomic E-state index is -0.540. The minimum absolute atomic E-state index is 0.228. The monoisotopic (exact) mass is 344 g/mol. The van der Waals surface area contributed by atoms with Gasteiger partial charge >= 0.3 is 11.9 Å². The topological polar surface area (TPSA) is 52.6 Å². The van der Waals surface area contributed by atoms with Crippen molar-refractivity contribution in [2.24, 2.45) is 0 Å². The van der Waals surface area contributed by atoms with Crippen LogP contribution in [0.4, 0.5) is 0 Å². The van der Waals surface area contributed by atoms with Crippen LogP contribution in [-0.4, -0.2) is 26.2 Å². The second-order valence-corrected chi connectivity index (χ2v) is 6.27.